The van der Waals surface area contributed by atoms with Crippen LogP contribution < -0.4 is 5.32 Å². The lowest BCUT2D eigenvalue weighted by Gasteiger charge is -2.24. The van der Waals surface area contributed by atoms with Crippen LogP contribution in [0.15, 0.2) is 0 Å². The Hall–Kier alpha value is -0.610. The molecule has 1 saturated heterocycles. The minimum absolute atomic E-state index is 0.229. The summed E-state index contributed by atoms with van der Waals surface area (Å²) >= 11 is 0. The Morgan fingerprint density at radius 2 is 2.50 bits per heavy atom. The highest BCUT2D eigenvalue weighted by atomic mass is 16.5. The van der Waals surface area contributed by atoms with Crippen LogP contribution in [0.5, 0.6) is 0 Å². The number of hydrogen-bond donors (Lipinski definition) is 2. The van der Waals surface area contributed by atoms with E-state index < -0.39 is 11.7 Å². The topological polar surface area (TPSA) is 58.6 Å². The minimum atomic E-state index is -1.12. The minimum Gasteiger partial charge on any atom is -0.478 e. The fourth-order valence-electron chi connectivity index (χ4n) is 1.55. The second-order valence-corrected chi connectivity index (χ2v) is 3.15. The molecule has 0 aliphatic carbocycles. The highest BCUT2D eigenvalue weighted by Crippen LogP contribution is 2.24. The fraction of sp³-hybridized carbons (Fsp3) is 0.875. The highest BCUT2D eigenvalue weighted by molar-refractivity contribution is 5.77. The molecule has 2 N–H and O–H groups in total. The maximum atomic E-state index is 10.9. The van der Waals surface area contributed by atoms with Crippen molar-refractivity contribution < 1.29 is 14.6 Å². The summed E-state index contributed by atoms with van der Waals surface area (Å²) < 4.78 is 5.21. The van der Waals surface area contributed by atoms with Gasteiger partial charge in [0.25, 0.3) is 0 Å². The van der Waals surface area contributed by atoms with Crippen molar-refractivity contribution in [2.45, 2.75) is 38.5 Å². The number of nitrogens with one attached hydrogen (secondary N) is 1. The molecule has 70 valence electrons. The SMILES string of the molecule is CCOC1(C(=O)O)CCC(C)N1. The first-order valence-electron chi connectivity index (χ1n) is 4.26. The van der Waals surface area contributed by atoms with Crippen molar-refractivity contribution in [1.29, 1.82) is 0 Å². The van der Waals surface area contributed by atoms with Gasteiger partial charge in [-0.05, 0) is 20.3 Å². The van der Waals surface area contributed by atoms with Gasteiger partial charge in [0.1, 0.15) is 0 Å². The van der Waals surface area contributed by atoms with Crippen molar-refractivity contribution in [2.24, 2.45) is 0 Å². The van der Waals surface area contributed by atoms with Gasteiger partial charge in [0.2, 0.25) is 5.72 Å². The Morgan fingerprint density at radius 1 is 1.83 bits per heavy atom. The van der Waals surface area contributed by atoms with Crippen molar-refractivity contribution in [3.63, 3.8) is 0 Å². The van der Waals surface area contributed by atoms with Crippen LogP contribution in [0.4, 0.5) is 0 Å². The molecule has 0 bridgehead atoms. The summed E-state index contributed by atoms with van der Waals surface area (Å²) in [5, 5.41) is 11.9. The Kier molecular flexibility index (Phi) is 2.69. The van der Waals surface area contributed by atoms with Gasteiger partial charge in [-0.3, -0.25) is 5.32 Å². The van der Waals surface area contributed by atoms with Gasteiger partial charge in [0.05, 0.1) is 0 Å². The average Bonchev–Trinajstić information content (AvgIpc) is 2.34. The van der Waals surface area contributed by atoms with Gasteiger partial charge >= 0.3 is 5.97 Å². The maximum Gasteiger partial charge on any atom is 0.351 e. The van der Waals surface area contributed by atoms with Crippen LogP contribution in [0.1, 0.15) is 26.7 Å². The van der Waals surface area contributed by atoms with Gasteiger partial charge in [-0.1, -0.05) is 0 Å². The zero-order valence-corrected chi connectivity index (χ0v) is 7.46. The number of ether oxygens (including phenoxy) is 1. The van der Waals surface area contributed by atoms with Gasteiger partial charge < -0.3 is 9.84 Å². The van der Waals surface area contributed by atoms with E-state index in [0.29, 0.717) is 13.0 Å². The maximum absolute atomic E-state index is 10.9. The Balaban J connectivity index is 2.67. The van der Waals surface area contributed by atoms with E-state index in [1.54, 1.807) is 6.92 Å². The number of carboxylic acid groups (broad SMARTS) is 1. The van der Waals surface area contributed by atoms with Gasteiger partial charge in [0, 0.05) is 19.1 Å². The molecule has 12 heavy (non-hydrogen) atoms. The lowest BCUT2D eigenvalue weighted by atomic mass is 10.1. The molecule has 0 aromatic heterocycles. The molecule has 4 nitrogen and oxygen atoms in total. The Morgan fingerprint density at radius 3 is 2.83 bits per heavy atom. The zero-order valence-electron chi connectivity index (χ0n) is 7.46. The molecule has 0 spiro atoms. The van der Waals surface area contributed by atoms with E-state index >= 15 is 0 Å². The molecule has 2 atom stereocenters. The predicted molar refractivity (Wildman–Crippen MR) is 43.8 cm³/mol. The quantitative estimate of drug-likeness (QED) is 0.655. The third-order valence-corrected chi connectivity index (χ3v) is 2.15. The molecule has 0 aromatic carbocycles. The van der Waals surface area contributed by atoms with Crippen molar-refractivity contribution in [3.8, 4) is 0 Å². The van der Waals surface area contributed by atoms with Crippen LogP contribution in [0.2, 0.25) is 0 Å². The summed E-state index contributed by atoms with van der Waals surface area (Å²) in [5.41, 5.74) is -1.12. The van der Waals surface area contributed by atoms with Crippen LogP contribution >= 0.6 is 0 Å². The first-order valence-corrected chi connectivity index (χ1v) is 4.26. The van der Waals surface area contributed by atoms with Gasteiger partial charge in [-0.2, -0.15) is 0 Å². The molecule has 0 aromatic rings. The van der Waals surface area contributed by atoms with E-state index in [0.717, 1.165) is 6.42 Å². The number of aliphatic carboxylic acids is 1. The van der Waals surface area contributed by atoms with Gasteiger partial charge in [-0.25, -0.2) is 4.79 Å². The summed E-state index contributed by atoms with van der Waals surface area (Å²) in [7, 11) is 0. The van der Waals surface area contributed by atoms with Crippen molar-refractivity contribution in [2.75, 3.05) is 6.61 Å². The van der Waals surface area contributed by atoms with E-state index in [1.165, 1.54) is 0 Å². The molecule has 4 heteroatoms. The van der Waals surface area contributed by atoms with Crippen molar-refractivity contribution >= 4 is 5.97 Å². The zero-order chi connectivity index (χ0) is 9.19. The third kappa shape index (κ3) is 1.59. The van der Waals surface area contributed by atoms with Gasteiger partial charge in [0.15, 0.2) is 0 Å². The van der Waals surface area contributed by atoms with Crippen LogP contribution in [-0.2, 0) is 9.53 Å². The van der Waals surface area contributed by atoms with E-state index in [4.69, 9.17) is 9.84 Å². The van der Waals surface area contributed by atoms with E-state index in [-0.39, 0.29) is 6.04 Å². The van der Waals surface area contributed by atoms with Crippen LogP contribution in [0.25, 0.3) is 0 Å². The molecule has 0 amide bonds. The van der Waals surface area contributed by atoms with Crippen LogP contribution in [0.3, 0.4) is 0 Å². The monoisotopic (exact) mass is 173 g/mol. The van der Waals surface area contributed by atoms with Crippen LogP contribution in [0, 0.1) is 0 Å². The summed E-state index contributed by atoms with van der Waals surface area (Å²) in [6, 6.07) is 0.229. The molecule has 1 aliphatic rings. The van der Waals surface area contributed by atoms with Crippen LogP contribution in [-0.4, -0.2) is 29.4 Å². The smallest absolute Gasteiger partial charge is 0.351 e. The summed E-state index contributed by atoms with van der Waals surface area (Å²) in [4.78, 5) is 10.9. The molecule has 1 aliphatic heterocycles. The molecule has 1 heterocycles. The summed E-state index contributed by atoms with van der Waals surface area (Å²) in [6.07, 6.45) is 1.41. The number of rotatable bonds is 3. The molecule has 1 fully saturated rings. The lowest BCUT2D eigenvalue weighted by molar-refractivity contribution is -0.168. The van der Waals surface area contributed by atoms with Crippen molar-refractivity contribution in [3.05, 3.63) is 0 Å². The van der Waals surface area contributed by atoms with E-state index in [9.17, 15) is 4.79 Å². The number of carboxylic acids is 1. The Labute approximate surface area is 71.9 Å². The third-order valence-electron chi connectivity index (χ3n) is 2.15. The second kappa shape index (κ2) is 3.41. The van der Waals surface area contributed by atoms with Gasteiger partial charge in [-0.15, -0.1) is 0 Å². The lowest BCUT2D eigenvalue weighted by Crippen LogP contribution is -2.51. The number of carbonyl (C=O) groups is 1. The Bertz CT molecular complexity index is 179. The second-order valence-electron chi connectivity index (χ2n) is 3.15. The normalized spacial score (nSPS) is 35.3. The largest absolute Gasteiger partial charge is 0.478 e. The van der Waals surface area contributed by atoms with E-state index in [2.05, 4.69) is 5.32 Å². The standard InChI is InChI=1S/C8H15NO3/c1-3-12-8(7(10)11)5-4-6(2)9-8/h6,9H,3-5H2,1-2H3,(H,10,11). The van der Waals surface area contributed by atoms with E-state index in [1.807, 2.05) is 6.92 Å². The van der Waals surface area contributed by atoms with Crippen molar-refractivity contribution in [1.82, 2.24) is 5.32 Å². The molecule has 0 radical (unpaired) electrons. The fourth-order valence-corrected chi connectivity index (χ4v) is 1.55. The molecule has 0 saturated carbocycles. The molecule has 2 unspecified atom stereocenters. The summed E-state index contributed by atoms with van der Waals surface area (Å²) in [5.74, 6) is -0.909. The summed E-state index contributed by atoms with van der Waals surface area (Å²) in [6.45, 7) is 4.19. The first kappa shape index (κ1) is 9.48. The highest BCUT2D eigenvalue weighted by Gasteiger charge is 2.44. The average molecular weight is 173 g/mol. The molecular formula is C8H15NO3. The first-order chi connectivity index (χ1) is 5.60. The molecule has 1 rings (SSSR count). The predicted octanol–water partition coefficient (Wildman–Crippen LogP) is 0.576. The number of hydrogen-bond acceptors (Lipinski definition) is 3. The molecular weight excluding hydrogens is 158 g/mol.